The van der Waals surface area contributed by atoms with Crippen LogP contribution in [0.15, 0.2) is 4.47 Å². The minimum Gasteiger partial charge on any atom is -0.297 e. The largest absolute Gasteiger partial charge is 0.297 e. The van der Waals surface area contributed by atoms with Gasteiger partial charge < -0.3 is 0 Å². The van der Waals surface area contributed by atoms with Crippen molar-refractivity contribution in [2.24, 2.45) is 5.41 Å². The van der Waals surface area contributed by atoms with Crippen molar-refractivity contribution in [2.45, 2.75) is 71.9 Å². The van der Waals surface area contributed by atoms with Gasteiger partial charge in [0.15, 0.2) is 0 Å². The third-order valence-electron chi connectivity index (χ3n) is 5.66. The third-order valence-corrected chi connectivity index (χ3v) is 6.69. The zero-order valence-corrected chi connectivity index (χ0v) is 15.1. The van der Waals surface area contributed by atoms with Crippen LogP contribution in [0, 0.1) is 12.3 Å². The van der Waals surface area contributed by atoms with Crippen molar-refractivity contribution in [2.75, 3.05) is 13.1 Å². The van der Waals surface area contributed by atoms with E-state index in [1.807, 2.05) is 0 Å². The fourth-order valence-corrected chi connectivity index (χ4v) is 4.63. The molecule has 1 saturated heterocycles. The van der Waals surface area contributed by atoms with Crippen molar-refractivity contribution in [1.82, 2.24) is 14.7 Å². The maximum Gasteiger partial charge on any atom is 0.0739 e. The van der Waals surface area contributed by atoms with E-state index < -0.39 is 0 Å². The predicted molar refractivity (Wildman–Crippen MR) is 90.4 cm³/mol. The van der Waals surface area contributed by atoms with Crippen LogP contribution in [0.4, 0.5) is 0 Å². The van der Waals surface area contributed by atoms with Gasteiger partial charge in [0, 0.05) is 13.1 Å². The van der Waals surface area contributed by atoms with Gasteiger partial charge in [-0.25, -0.2) is 0 Å². The molecule has 2 aliphatic rings. The van der Waals surface area contributed by atoms with Gasteiger partial charge in [0.05, 0.1) is 15.9 Å². The van der Waals surface area contributed by atoms with Crippen LogP contribution in [0.1, 0.15) is 63.3 Å². The predicted octanol–water partition coefficient (Wildman–Crippen LogP) is 4.52. The van der Waals surface area contributed by atoms with E-state index in [-0.39, 0.29) is 0 Å². The van der Waals surface area contributed by atoms with Gasteiger partial charge in [-0.15, -0.1) is 0 Å². The molecule has 0 bridgehead atoms. The molecule has 3 nitrogen and oxygen atoms in total. The second-order valence-electron chi connectivity index (χ2n) is 7.00. The molecular weight excluding hydrogens is 326 g/mol. The number of hydrogen-bond donors (Lipinski definition) is 0. The van der Waals surface area contributed by atoms with Crippen LogP contribution >= 0.6 is 15.9 Å². The Balaban J connectivity index is 1.63. The van der Waals surface area contributed by atoms with Gasteiger partial charge in [0.25, 0.3) is 0 Å². The Morgan fingerprint density at radius 3 is 2.38 bits per heavy atom. The Labute approximate surface area is 137 Å². The fourth-order valence-electron chi connectivity index (χ4n) is 4.22. The molecule has 1 aromatic heterocycles. The minimum absolute atomic E-state index is 0.701. The van der Waals surface area contributed by atoms with Crippen LogP contribution in [0.5, 0.6) is 0 Å². The first-order valence-electron chi connectivity index (χ1n) is 8.58. The normalized spacial score (nSPS) is 22.8. The molecule has 0 unspecified atom stereocenters. The van der Waals surface area contributed by atoms with Crippen LogP contribution in [0.2, 0.25) is 0 Å². The van der Waals surface area contributed by atoms with E-state index in [1.54, 1.807) is 0 Å². The summed E-state index contributed by atoms with van der Waals surface area (Å²) in [4.78, 5) is 2.63. The molecule has 1 aliphatic carbocycles. The number of halogens is 1. The van der Waals surface area contributed by atoms with Gasteiger partial charge in [-0.2, -0.15) is 5.10 Å². The Kier molecular flexibility index (Phi) is 4.75. The highest BCUT2D eigenvalue weighted by Crippen LogP contribution is 2.44. The number of nitrogens with zero attached hydrogens (tertiary/aromatic N) is 3. The fraction of sp³-hybridized carbons (Fsp3) is 0.824. The van der Waals surface area contributed by atoms with E-state index in [1.165, 1.54) is 68.2 Å². The zero-order valence-electron chi connectivity index (χ0n) is 13.5. The Morgan fingerprint density at radius 2 is 1.76 bits per heavy atom. The lowest BCUT2D eigenvalue weighted by molar-refractivity contribution is 0.0627. The molecule has 2 fully saturated rings. The van der Waals surface area contributed by atoms with Crippen LogP contribution in [-0.2, 0) is 13.1 Å². The number of hydrogen-bond acceptors (Lipinski definition) is 2. The molecule has 0 N–H and O–H groups in total. The van der Waals surface area contributed by atoms with E-state index >= 15 is 0 Å². The Morgan fingerprint density at radius 1 is 1.10 bits per heavy atom. The third kappa shape index (κ3) is 3.21. The molecule has 118 valence electrons. The molecule has 0 radical (unpaired) electrons. The zero-order chi connectivity index (χ0) is 14.9. The summed E-state index contributed by atoms with van der Waals surface area (Å²) in [5, 5.41) is 4.62. The van der Waals surface area contributed by atoms with Crippen LogP contribution in [0.25, 0.3) is 0 Å². The summed E-state index contributed by atoms with van der Waals surface area (Å²) in [6, 6.07) is 0. The minimum atomic E-state index is 0.701. The highest BCUT2D eigenvalue weighted by atomic mass is 79.9. The summed E-state index contributed by atoms with van der Waals surface area (Å²) in [5.74, 6) is 0. The molecule has 0 amide bonds. The SMILES string of the molecule is CCn1nc(C)c(Br)c1CN1CCC2(CCCCC2)CC1. The molecule has 2 heterocycles. The highest BCUT2D eigenvalue weighted by molar-refractivity contribution is 9.10. The molecule has 1 aromatic rings. The number of piperidine rings is 1. The van der Waals surface area contributed by atoms with Crippen LogP contribution in [-0.4, -0.2) is 27.8 Å². The molecule has 3 rings (SSSR count). The second-order valence-corrected chi connectivity index (χ2v) is 7.79. The summed E-state index contributed by atoms with van der Waals surface area (Å²) in [6.07, 6.45) is 10.2. The first-order chi connectivity index (χ1) is 10.1. The van der Waals surface area contributed by atoms with E-state index in [2.05, 4.69) is 44.5 Å². The van der Waals surface area contributed by atoms with E-state index in [4.69, 9.17) is 0 Å². The molecule has 0 atom stereocenters. The van der Waals surface area contributed by atoms with Gasteiger partial charge >= 0.3 is 0 Å². The van der Waals surface area contributed by atoms with Gasteiger partial charge in [-0.05, 0) is 74.0 Å². The first kappa shape index (κ1) is 15.5. The van der Waals surface area contributed by atoms with Crippen molar-refractivity contribution >= 4 is 15.9 Å². The number of aryl methyl sites for hydroxylation is 2. The van der Waals surface area contributed by atoms with Crippen molar-refractivity contribution in [3.63, 3.8) is 0 Å². The standard InChI is InChI=1S/C17H28BrN3/c1-3-21-15(16(18)14(2)19-21)13-20-11-9-17(10-12-20)7-5-4-6-8-17/h3-13H2,1-2H3. The Bertz CT molecular complexity index is 478. The average Bonchev–Trinajstić information content (AvgIpc) is 2.78. The molecule has 1 spiro atoms. The molecule has 1 saturated carbocycles. The average molecular weight is 354 g/mol. The number of likely N-dealkylation sites (tertiary alicyclic amines) is 1. The summed E-state index contributed by atoms with van der Waals surface area (Å²) in [5.41, 5.74) is 3.18. The van der Waals surface area contributed by atoms with Crippen molar-refractivity contribution in [3.05, 3.63) is 15.9 Å². The molecular formula is C17H28BrN3. The van der Waals surface area contributed by atoms with Gasteiger partial charge in [-0.3, -0.25) is 9.58 Å². The van der Waals surface area contributed by atoms with Crippen LogP contribution < -0.4 is 0 Å². The maximum absolute atomic E-state index is 4.62. The summed E-state index contributed by atoms with van der Waals surface area (Å²) in [6.45, 7) is 8.80. The number of aromatic nitrogens is 2. The van der Waals surface area contributed by atoms with Gasteiger partial charge in [0.2, 0.25) is 0 Å². The van der Waals surface area contributed by atoms with Gasteiger partial charge in [-0.1, -0.05) is 19.3 Å². The van der Waals surface area contributed by atoms with Crippen LogP contribution in [0.3, 0.4) is 0 Å². The van der Waals surface area contributed by atoms with Crippen molar-refractivity contribution in [1.29, 1.82) is 0 Å². The lowest BCUT2D eigenvalue weighted by Crippen LogP contribution is -2.41. The van der Waals surface area contributed by atoms with Crippen molar-refractivity contribution < 1.29 is 0 Å². The van der Waals surface area contributed by atoms with Gasteiger partial charge in [0.1, 0.15) is 0 Å². The lowest BCUT2D eigenvalue weighted by atomic mass is 9.68. The summed E-state index contributed by atoms with van der Waals surface area (Å²) in [7, 11) is 0. The first-order valence-corrected chi connectivity index (χ1v) is 9.37. The second kappa shape index (κ2) is 6.41. The lowest BCUT2D eigenvalue weighted by Gasteiger charge is -2.44. The Hall–Kier alpha value is -0.350. The quantitative estimate of drug-likeness (QED) is 0.796. The molecule has 21 heavy (non-hydrogen) atoms. The number of rotatable bonds is 3. The summed E-state index contributed by atoms with van der Waals surface area (Å²) < 4.78 is 3.37. The van der Waals surface area contributed by atoms with E-state index in [0.717, 1.165) is 18.8 Å². The monoisotopic (exact) mass is 353 g/mol. The maximum atomic E-state index is 4.62. The van der Waals surface area contributed by atoms with E-state index in [0.29, 0.717) is 5.41 Å². The molecule has 4 heteroatoms. The highest BCUT2D eigenvalue weighted by Gasteiger charge is 2.35. The topological polar surface area (TPSA) is 21.1 Å². The smallest absolute Gasteiger partial charge is 0.0739 e. The summed E-state index contributed by atoms with van der Waals surface area (Å²) >= 11 is 3.73. The molecule has 0 aromatic carbocycles. The van der Waals surface area contributed by atoms with Crippen molar-refractivity contribution in [3.8, 4) is 0 Å². The molecule has 1 aliphatic heterocycles. The van der Waals surface area contributed by atoms with E-state index in [9.17, 15) is 0 Å².